The van der Waals surface area contributed by atoms with Gasteiger partial charge in [0.05, 0.1) is 16.6 Å². The molecule has 3 rings (SSSR count). The minimum Gasteiger partial charge on any atom is -0.449 e. The van der Waals surface area contributed by atoms with Crippen molar-refractivity contribution in [3.63, 3.8) is 0 Å². The first-order chi connectivity index (χ1) is 14.3. The number of carbonyl (C=O) groups excluding carboxylic acids is 3. The average molecular weight is 409 g/mol. The summed E-state index contributed by atoms with van der Waals surface area (Å²) in [6.07, 6.45) is -1.17. The lowest BCUT2D eigenvalue weighted by molar-refractivity contribution is -0.127. The van der Waals surface area contributed by atoms with Gasteiger partial charge in [-0.2, -0.15) is 5.10 Å². The molecule has 0 fully saturated rings. The van der Waals surface area contributed by atoms with E-state index in [1.165, 1.54) is 6.92 Å². The number of imide groups is 1. The molecule has 0 radical (unpaired) electrons. The molecule has 1 aromatic carbocycles. The second-order valence-corrected chi connectivity index (χ2v) is 6.92. The molecule has 30 heavy (non-hydrogen) atoms. The number of nitrogens with one attached hydrogen (secondary N) is 2. The summed E-state index contributed by atoms with van der Waals surface area (Å²) in [7, 11) is 1.74. The fourth-order valence-corrected chi connectivity index (χ4v) is 3.04. The van der Waals surface area contributed by atoms with E-state index in [1.54, 1.807) is 31.6 Å². The number of esters is 1. The Morgan fingerprint density at radius 2 is 1.87 bits per heavy atom. The third kappa shape index (κ3) is 4.62. The van der Waals surface area contributed by atoms with Crippen LogP contribution in [0.5, 0.6) is 0 Å². The van der Waals surface area contributed by atoms with Crippen molar-refractivity contribution in [3.8, 4) is 0 Å². The van der Waals surface area contributed by atoms with Gasteiger partial charge in [-0.05, 0) is 32.4 Å². The molecule has 9 nitrogen and oxygen atoms in total. The highest BCUT2D eigenvalue weighted by Gasteiger charge is 2.24. The van der Waals surface area contributed by atoms with Crippen molar-refractivity contribution in [1.82, 2.24) is 25.4 Å². The van der Waals surface area contributed by atoms with E-state index < -0.39 is 24.0 Å². The second-order valence-electron chi connectivity index (χ2n) is 6.92. The van der Waals surface area contributed by atoms with Gasteiger partial charge in [0.1, 0.15) is 0 Å². The van der Waals surface area contributed by atoms with Crippen LogP contribution in [0.25, 0.3) is 11.0 Å². The molecular weight excluding hydrogens is 386 g/mol. The van der Waals surface area contributed by atoms with Gasteiger partial charge in [-0.3, -0.25) is 14.8 Å². The van der Waals surface area contributed by atoms with E-state index in [1.807, 2.05) is 30.3 Å². The number of pyridine rings is 1. The predicted molar refractivity (Wildman–Crippen MR) is 110 cm³/mol. The molecule has 0 saturated heterocycles. The number of aromatic nitrogens is 3. The molecule has 0 saturated carbocycles. The van der Waals surface area contributed by atoms with Crippen molar-refractivity contribution in [3.05, 3.63) is 58.9 Å². The lowest BCUT2D eigenvalue weighted by Gasteiger charge is -2.14. The molecular formula is C21H23N5O4. The molecule has 3 amide bonds. The molecule has 0 aliphatic rings. The van der Waals surface area contributed by atoms with Crippen LogP contribution >= 0.6 is 0 Å². The summed E-state index contributed by atoms with van der Waals surface area (Å²) in [5.41, 5.74) is 2.97. The topological polar surface area (TPSA) is 115 Å². The van der Waals surface area contributed by atoms with E-state index in [9.17, 15) is 14.4 Å². The molecule has 9 heteroatoms. The molecule has 0 bridgehead atoms. The number of ether oxygens (including phenoxy) is 1. The van der Waals surface area contributed by atoms with E-state index in [2.05, 4.69) is 20.7 Å². The van der Waals surface area contributed by atoms with E-state index in [4.69, 9.17) is 4.74 Å². The van der Waals surface area contributed by atoms with Crippen LogP contribution in [0.15, 0.2) is 36.4 Å². The van der Waals surface area contributed by atoms with Gasteiger partial charge in [0, 0.05) is 19.3 Å². The lowest BCUT2D eigenvalue weighted by atomic mass is 10.1. The average Bonchev–Trinajstić information content (AvgIpc) is 2.99. The quantitative estimate of drug-likeness (QED) is 0.624. The first-order valence-electron chi connectivity index (χ1n) is 9.41. The number of fused-ring (bicyclic) bond motifs is 1. The van der Waals surface area contributed by atoms with Crippen LogP contribution in [-0.4, -0.2) is 38.8 Å². The normalized spacial score (nSPS) is 11.7. The summed E-state index contributed by atoms with van der Waals surface area (Å²) in [4.78, 5) is 41.3. The van der Waals surface area contributed by atoms with Crippen molar-refractivity contribution in [2.24, 2.45) is 7.05 Å². The lowest BCUT2D eigenvalue weighted by Crippen LogP contribution is -2.44. The first kappa shape index (κ1) is 21.0. The van der Waals surface area contributed by atoms with Gasteiger partial charge in [0.2, 0.25) is 0 Å². The first-order valence-corrected chi connectivity index (χ1v) is 9.41. The van der Waals surface area contributed by atoms with Crippen molar-refractivity contribution in [2.75, 3.05) is 0 Å². The summed E-state index contributed by atoms with van der Waals surface area (Å²) in [6, 6.07) is 10.2. The van der Waals surface area contributed by atoms with Crippen molar-refractivity contribution < 1.29 is 19.1 Å². The molecule has 2 heterocycles. The fourth-order valence-electron chi connectivity index (χ4n) is 3.04. The third-order valence-corrected chi connectivity index (χ3v) is 4.50. The second kappa shape index (κ2) is 8.73. The standard InChI is InChI=1S/C21H23N5O4/c1-12-10-16(17-13(2)25-26(4)18(17)23-12)20(28)30-14(3)19(27)24-21(29)22-11-15-8-6-5-7-9-15/h5-10,14H,11H2,1-4H3,(H2,22,24,27,29). The molecule has 0 spiro atoms. The SMILES string of the molecule is Cc1cc(C(=O)OC(C)C(=O)NC(=O)NCc2ccccc2)c2c(C)nn(C)c2n1. The molecule has 2 N–H and O–H groups in total. The van der Waals surface area contributed by atoms with Gasteiger partial charge in [-0.1, -0.05) is 30.3 Å². The minimum atomic E-state index is -1.17. The molecule has 2 aromatic heterocycles. The predicted octanol–water partition coefficient (Wildman–Crippen LogP) is 2.16. The monoisotopic (exact) mass is 409 g/mol. The van der Waals surface area contributed by atoms with Crippen LogP contribution in [0.1, 0.15) is 34.2 Å². The van der Waals surface area contributed by atoms with Gasteiger partial charge in [-0.25, -0.2) is 14.6 Å². The van der Waals surface area contributed by atoms with E-state index in [0.29, 0.717) is 22.4 Å². The highest BCUT2D eigenvalue weighted by molar-refractivity contribution is 6.05. The number of carbonyl (C=O) groups is 3. The third-order valence-electron chi connectivity index (χ3n) is 4.50. The Labute approximate surface area is 173 Å². The molecule has 0 aliphatic heterocycles. The Bertz CT molecular complexity index is 1110. The number of benzene rings is 1. The molecule has 0 aliphatic carbocycles. The molecule has 156 valence electrons. The molecule has 1 unspecified atom stereocenters. The number of nitrogens with zero attached hydrogens (tertiary/aromatic N) is 3. The molecule has 1 atom stereocenters. The zero-order chi connectivity index (χ0) is 21.8. The number of amides is 3. The van der Waals surface area contributed by atoms with Crippen LogP contribution in [0.3, 0.4) is 0 Å². The summed E-state index contributed by atoms with van der Waals surface area (Å²) in [5.74, 6) is -1.41. The maximum atomic E-state index is 12.7. The number of hydrogen-bond donors (Lipinski definition) is 2. The largest absolute Gasteiger partial charge is 0.449 e. The smallest absolute Gasteiger partial charge is 0.339 e. The number of aryl methyl sites for hydroxylation is 3. The fraction of sp³-hybridized carbons (Fsp3) is 0.286. The summed E-state index contributed by atoms with van der Waals surface area (Å²) in [5, 5.41) is 9.62. The van der Waals surface area contributed by atoms with Crippen LogP contribution in [0.2, 0.25) is 0 Å². The Hall–Kier alpha value is -3.75. The molecule has 3 aromatic rings. The van der Waals surface area contributed by atoms with Crippen molar-refractivity contribution in [1.29, 1.82) is 0 Å². The zero-order valence-corrected chi connectivity index (χ0v) is 17.2. The summed E-state index contributed by atoms with van der Waals surface area (Å²) >= 11 is 0. The van der Waals surface area contributed by atoms with E-state index in [0.717, 1.165) is 5.56 Å². The van der Waals surface area contributed by atoms with Gasteiger partial charge in [0.15, 0.2) is 11.8 Å². The minimum absolute atomic E-state index is 0.267. The number of hydrogen-bond acceptors (Lipinski definition) is 6. The Balaban J connectivity index is 1.63. The van der Waals surface area contributed by atoms with Gasteiger partial charge in [-0.15, -0.1) is 0 Å². The van der Waals surface area contributed by atoms with Crippen LogP contribution in [0, 0.1) is 13.8 Å². The van der Waals surface area contributed by atoms with Crippen molar-refractivity contribution >= 4 is 28.9 Å². The van der Waals surface area contributed by atoms with Gasteiger partial charge in [0.25, 0.3) is 5.91 Å². The van der Waals surface area contributed by atoms with E-state index in [-0.39, 0.29) is 12.1 Å². The van der Waals surface area contributed by atoms with Gasteiger partial charge >= 0.3 is 12.0 Å². The highest BCUT2D eigenvalue weighted by atomic mass is 16.5. The van der Waals surface area contributed by atoms with Crippen LogP contribution in [0.4, 0.5) is 4.79 Å². The maximum Gasteiger partial charge on any atom is 0.339 e. The Morgan fingerprint density at radius 3 is 2.57 bits per heavy atom. The maximum absolute atomic E-state index is 12.7. The summed E-state index contributed by atoms with van der Waals surface area (Å²) < 4.78 is 6.88. The van der Waals surface area contributed by atoms with Crippen LogP contribution in [-0.2, 0) is 23.1 Å². The van der Waals surface area contributed by atoms with Crippen LogP contribution < -0.4 is 10.6 Å². The number of urea groups is 1. The summed E-state index contributed by atoms with van der Waals surface area (Å²) in [6.45, 7) is 5.19. The van der Waals surface area contributed by atoms with Gasteiger partial charge < -0.3 is 10.1 Å². The number of rotatable bonds is 5. The Morgan fingerprint density at radius 1 is 1.17 bits per heavy atom. The highest BCUT2D eigenvalue weighted by Crippen LogP contribution is 2.22. The zero-order valence-electron chi connectivity index (χ0n) is 17.2. The van der Waals surface area contributed by atoms with E-state index >= 15 is 0 Å². The Kier molecular flexibility index (Phi) is 6.10. The van der Waals surface area contributed by atoms with Crippen molar-refractivity contribution in [2.45, 2.75) is 33.4 Å².